The predicted octanol–water partition coefficient (Wildman–Crippen LogP) is 6.19. The number of carbonyl (C=O) groups is 2. The van der Waals surface area contributed by atoms with Crippen LogP contribution in [0.2, 0.25) is 5.02 Å². The highest BCUT2D eigenvalue weighted by molar-refractivity contribution is 6.33. The second kappa shape index (κ2) is 10.4. The molecule has 0 radical (unpaired) electrons. The van der Waals surface area contributed by atoms with Crippen LogP contribution in [-0.2, 0) is 9.47 Å². The fourth-order valence-corrected chi connectivity index (χ4v) is 4.49. The number of benzene rings is 2. The number of hydrazine groups is 1. The zero-order valence-electron chi connectivity index (χ0n) is 20.1. The molecule has 2 aromatic carbocycles. The Balaban J connectivity index is 1.73. The number of H-pyrrole nitrogens is 1. The Morgan fingerprint density at radius 3 is 2.54 bits per heavy atom. The molecule has 0 unspecified atom stereocenters. The number of nitrogens with one attached hydrogen (secondary N) is 2. The van der Waals surface area contributed by atoms with Crippen LogP contribution in [0, 0.1) is 0 Å². The summed E-state index contributed by atoms with van der Waals surface area (Å²) in [6.45, 7) is 6.98. The molecular formula is C26H29ClN4O4. The number of carbonyl (C=O) groups excluding carboxylic acids is 2. The van der Waals surface area contributed by atoms with Crippen LogP contribution < -0.4 is 5.43 Å². The quantitative estimate of drug-likeness (QED) is 0.324. The fourth-order valence-electron chi connectivity index (χ4n) is 4.22. The van der Waals surface area contributed by atoms with Crippen LogP contribution >= 0.6 is 11.6 Å². The molecule has 2 atom stereocenters. The number of aromatic nitrogens is 2. The van der Waals surface area contributed by atoms with Gasteiger partial charge in [0.05, 0.1) is 34.3 Å². The van der Waals surface area contributed by atoms with Gasteiger partial charge >= 0.3 is 12.2 Å². The van der Waals surface area contributed by atoms with Gasteiger partial charge in [0, 0.05) is 11.5 Å². The molecule has 0 saturated carbocycles. The van der Waals surface area contributed by atoms with Crippen LogP contribution in [0.25, 0.3) is 22.4 Å². The summed E-state index contributed by atoms with van der Waals surface area (Å²) in [5, 5.41) is 1.75. The molecule has 8 nitrogen and oxygen atoms in total. The van der Waals surface area contributed by atoms with Crippen LogP contribution in [0.5, 0.6) is 0 Å². The van der Waals surface area contributed by atoms with E-state index in [0.29, 0.717) is 17.3 Å². The summed E-state index contributed by atoms with van der Waals surface area (Å²) in [6, 6.07) is 12.9. The standard InChI is InChI=1S/C26H29ClN4O4/c1-15(2)34-25(32)30-31(26(33)35-16(3)4)22-14-8-9-17(22)18-10-7-11-19(27)23(18)24-28-20-12-5-6-13-21(20)29-24/h5-13,15-17,22H,14H2,1-4H3,(H,28,29)(H,30,32)/t17-,22+/m0/s1. The summed E-state index contributed by atoms with van der Waals surface area (Å²) in [7, 11) is 0. The Kier molecular flexibility index (Phi) is 7.31. The van der Waals surface area contributed by atoms with Gasteiger partial charge in [0.25, 0.3) is 0 Å². The molecular weight excluding hydrogens is 468 g/mol. The normalized spacial score (nSPS) is 17.2. The molecule has 184 valence electrons. The van der Waals surface area contributed by atoms with Crippen molar-refractivity contribution < 1.29 is 19.1 Å². The van der Waals surface area contributed by atoms with E-state index in [1.807, 2.05) is 54.6 Å². The predicted molar refractivity (Wildman–Crippen MR) is 135 cm³/mol. The minimum atomic E-state index is -0.727. The summed E-state index contributed by atoms with van der Waals surface area (Å²) in [5.74, 6) is 0.352. The Hall–Kier alpha value is -3.52. The monoisotopic (exact) mass is 496 g/mol. The molecule has 1 aromatic heterocycles. The zero-order chi connectivity index (χ0) is 25.1. The number of ether oxygens (including phenoxy) is 2. The second-order valence-corrected chi connectivity index (χ2v) is 9.34. The molecule has 0 spiro atoms. The van der Waals surface area contributed by atoms with E-state index in [2.05, 4.69) is 10.4 Å². The highest BCUT2D eigenvalue weighted by Crippen LogP contribution is 2.40. The molecule has 1 heterocycles. The van der Waals surface area contributed by atoms with Gasteiger partial charge in [-0.1, -0.05) is 48.0 Å². The largest absolute Gasteiger partial charge is 0.446 e. The number of nitrogens with zero attached hydrogens (tertiary/aromatic N) is 2. The lowest BCUT2D eigenvalue weighted by Crippen LogP contribution is -2.54. The molecule has 35 heavy (non-hydrogen) atoms. The van der Waals surface area contributed by atoms with Crippen LogP contribution in [0.1, 0.15) is 45.6 Å². The van der Waals surface area contributed by atoms with Gasteiger partial charge < -0.3 is 14.5 Å². The highest BCUT2D eigenvalue weighted by Gasteiger charge is 2.37. The number of hydrogen-bond donors (Lipinski definition) is 2. The van der Waals surface area contributed by atoms with Gasteiger partial charge in [0.1, 0.15) is 5.82 Å². The third-order valence-electron chi connectivity index (χ3n) is 5.59. The molecule has 2 amide bonds. The topological polar surface area (TPSA) is 96.6 Å². The maximum absolute atomic E-state index is 13.0. The van der Waals surface area contributed by atoms with Gasteiger partial charge in [-0.05, 0) is 57.9 Å². The summed E-state index contributed by atoms with van der Waals surface area (Å²) >= 11 is 6.69. The van der Waals surface area contributed by atoms with Gasteiger partial charge in [-0.15, -0.1) is 0 Å². The molecule has 0 saturated heterocycles. The Morgan fingerprint density at radius 2 is 1.83 bits per heavy atom. The average Bonchev–Trinajstić information content (AvgIpc) is 3.43. The van der Waals surface area contributed by atoms with E-state index in [1.54, 1.807) is 27.7 Å². The van der Waals surface area contributed by atoms with Crippen molar-refractivity contribution in [2.45, 2.75) is 58.3 Å². The molecule has 2 N–H and O–H groups in total. The molecule has 9 heteroatoms. The summed E-state index contributed by atoms with van der Waals surface area (Å²) in [5.41, 5.74) is 5.93. The van der Waals surface area contributed by atoms with Crippen molar-refractivity contribution >= 4 is 34.8 Å². The number of fused-ring (bicyclic) bond motifs is 1. The molecule has 4 rings (SSSR count). The first kappa shape index (κ1) is 24.6. The van der Waals surface area contributed by atoms with E-state index < -0.39 is 18.2 Å². The van der Waals surface area contributed by atoms with Crippen molar-refractivity contribution in [1.82, 2.24) is 20.4 Å². The molecule has 0 aliphatic heterocycles. The lowest BCUT2D eigenvalue weighted by atomic mass is 9.90. The van der Waals surface area contributed by atoms with Crippen LogP contribution in [0.4, 0.5) is 9.59 Å². The van der Waals surface area contributed by atoms with Crippen LogP contribution in [0.3, 0.4) is 0 Å². The minimum absolute atomic E-state index is 0.282. The first-order chi connectivity index (χ1) is 16.7. The van der Waals surface area contributed by atoms with E-state index in [0.717, 1.165) is 22.2 Å². The van der Waals surface area contributed by atoms with E-state index in [4.69, 9.17) is 26.1 Å². The maximum atomic E-state index is 13.0. The van der Waals surface area contributed by atoms with Crippen LogP contribution in [0.15, 0.2) is 54.6 Å². The average molecular weight is 497 g/mol. The van der Waals surface area contributed by atoms with Gasteiger partial charge in [-0.2, -0.15) is 0 Å². The van der Waals surface area contributed by atoms with Crippen molar-refractivity contribution in [3.8, 4) is 11.4 Å². The third kappa shape index (κ3) is 5.43. The van der Waals surface area contributed by atoms with E-state index >= 15 is 0 Å². The number of hydrogen-bond acceptors (Lipinski definition) is 5. The van der Waals surface area contributed by atoms with Gasteiger partial charge in [-0.3, -0.25) is 0 Å². The smallest absolute Gasteiger partial charge is 0.429 e. The number of imidazole rings is 1. The SMILES string of the molecule is CC(C)OC(=O)NN(C(=O)OC(C)C)[C@@H]1CC=C[C@H]1c1cccc(Cl)c1-c1nc2ccccc2[nH]1. The number of rotatable bonds is 5. The minimum Gasteiger partial charge on any atom is -0.446 e. The Bertz CT molecular complexity index is 1220. The van der Waals surface area contributed by atoms with E-state index in [-0.39, 0.29) is 18.1 Å². The summed E-state index contributed by atoms with van der Waals surface area (Å²) in [6.07, 6.45) is 2.39. The lowest BCUT2D eigenvalue weighted by molar-refractivity contribution is 0.0306. The first-order valence-corrected chi connectivity index (χ1v) is 12.0. The van der Waals surface area contributed by atoms with Gasteiger partial charge in [-0.25, -0.2) is 25.0 Å². The lowest BCUT2D eigenvalue weighted by Gasteiger charge is -2.33. The van der Waals surface area contributed by atoms with Crippen molar-refractivity contribution in [3.05, 3.63) is 65.2 Å². The number of para-hydroxylation sites is 2. The maximum Gasteiger partial charge on any atom is 0.429 e. The Labute approximate surface area is 209 Å². The second-order valence-electron chi connectivity index (χ2n) is 8.93. The van der Waals surface area contributed by atoms with Crippen molar-refractivity contribution in [3.63, 3.8) is 0 Å². The first-order valence-electron chi connectivity index (χ1n) is 11.6. The summed E-state index contributed by atoms with van der Waals surface area (Å²) in [4.78, 5) is 33.6. The zero-order valence-corrected chi connectivity index (χ0v) is 20.9. The number of aromatic amines is 1. The summed E-state index contributed by atoms with van der Waals surface area (Å²) < 4.78 is 10.7. The Morgan fingerprint density at radius 1 is 1.09 bits per heavy atom. The molecule has 0 fully saturated rings. The molecule has 3 aromatic rings. The van der Waals surface area contributed by atoms with Crippen molar-refractivity contribution in [1.29, 1.82) is 0 Å². The van der Waals surface area contributed by atoms with Crippen molar-refractivity contribution in [2.75, 3.05) is 0 Å². The van der Waals surface area contributed by atoms with Crippen LogP contribution in [-0.4, -0.2) is 45.4 Å². The molecule has 0 bridgehead atoms. The van der Waals surface area contributed by atoms with Gasteiger partial charge in [0.15, 0.2) is 0 Å². The number of halogens is 1. The van der Waals surface area contributed by atoms with Crippen molar-refractivity contribution in [2.24, 2.45) is 0 Å². The fraction of sp³-hybridized carbons (Fsp3) is 0.346. The third-order valence-corrected chi connectivity index (χ3v) is 5.90. The highest BCUT2D eigenvalue weighted by atomic mass is 35.5. The van der Waals surface area contributed by atoms with Gasteiger partial charge in [0.2, 0.25) is 0 Å². The number of amides is 2. The molecule has 1 aliphatic rings. The van der Waals surface area contributed by atoms with E-state index in [9.17, 15) is 9.59 Å². The molecule has 1 aliphatic carbocycles. The van der Waals surface area contributed by atoms with E-state index in [1.165, 1.54) is 5.01 Å².